The average molecular weight is 563 g/mol. The van der Waals surface area contributed by atoms with Crippen LogP contribution in [0.3, 0.4) is 0 Å². The molecule has 2 N–H and O–H groups in total. The summed E-state index contributed by atoms with van der Waals surface area (Å²) in [7, 11) is 1.24. The van der Waals surface area contributed by atoms with Gasteiger partial charge in [-0.2, -0.15) is 5.26 Å². The third kappa shape index (κ3) is 5.90. The van der Waals surface area contributed by atoms with Crippen LogP contribution < -0.4 is 10.6 Å². The predicted molar refractivity (Wildman–Crippen MR) is 148 cm³/mol. The van der Waals surface area contributed by atoms with Crippen LogP contribution in [0.1, 0.15) is 33.0 Å². The van der Waals surface area contributed by atoms with E-state index in [0.717, 1.165) is 11.9 Å². The first-order chi connectivity index (χ1) is 18.7. The Labute approximate surface area is 233 Å². The molecule has 0 saturated heterocycles. The molecule has 3 aromatic carbocycles. The number of nitrogens with zero attached hydrogens (tertiary/aromatic N) is 4. The Morgan fingerprint density at radius 2 is 1.69 bits per heavy atom. The Hall–Kier alpha value is -4.72. The van der Waals surface area contributed by atoms with E-state index in [0.29, 0.717) is 21.8 Å². The molecule has 1 heterocycles. The second kappa shape index (κ2) is 11.8. The normalized spacial score (nSPS) is 11.3. The van der Waals surface area contributed by atoms with E-state index in [4.69, 9.17) is 27.9 Å². The van der Waals surface area contributed by atoms with Gasteiger partial charge in [0, 0.05) is 15.7 Å². The number of benzene rings is 3. The number of carbonyl (C=O) groups is 1. The maximum absolute atomic E-state index is 12.1. The average Bonchev–Trinajstić information content (AvgIpc) is 2.92. The number of esters is 1. The zero-order valence-corrected chi connectivity index (χ0v) is 22.1. The summed E-state index contributed by atoms with van der Waals surface area (Å²) in [6, 6.07) is 18.9. The van der Waals surface area contributed by atoms with Crippen molar-refractivity contribution in [2.75, 3.05) is 17.7 Å². The fourth-order valence-corrected chi connectivity index (χ4v) is 4.31. The summed E-state index contributed by atoms with van der Waals surface area (Å²) in [4.78, 5) is 31.7. The van der Waals surface area contributed by atoms with Gasteiger partial charge >= 0.3 is 11.7 Å². The van der Waals surface area contributed by atoms with Crippen molar-refractivity contribution in [1.82, 2.24) is 9.97 Å². The number of hydrogen-bond donors (Lipinski definition) is 2. The van der Waals surface area contributed by atoms with Gasteiger partial charge in [-0.3, -0.25) is 10.1 Å². The number of aromatic nitrogens is 2. The van der Waals surface area contributed by atoms with Crippen molar-refractivity contribution in [3.63, 3.8) is 0 Å². The number of nitriles is 1. The van der Waals surface area contributed by atoms with Crippen molar-refractivity contribution in [3.8, 4) is 6.07 Å². The summed E-state index contributed by atoms with van der Waals surface area (Å²) >= 11 is 12.6. The lowest BCUT2D eigenvalue weighted by Gasteiger charge is -2.17. The number of ether oxygens (including phenoxy) is 1. The number of rotatable bonds is 8. The minimum Gasteiger partial charge on any atom is -0.465 e. The Balaban J connectivity index is 1.70. The van der Waals surface area contributed by atoms with Crippen molar-refractivity contribution in [1.29, 1.82) is 5.26 Å². The largest absolute Gasteiger partial charge is 0.465 e. The Morgan fingerprint density at radius 3 is 2.31 bits per heavy atom. The smallest absolute Gasteiger partial charge is 0.353 e. The number of aryl methyl sites for hydroxylation is 1. The van der Waals surface area contributed by atoms with E-state index in [2.05, 4.69) is 26.7 Å². The zero-order chi connectivity index (χ0) is 28.1. The summed E-state index contributed by atoms with van der Waals surface area (Å²) in [5, 5.41) is 28.6. The molecule has 0 fully saturated rings. The number of anilines is 4. The van der Waals surface area contributed by atoms with Gasteiger partial charge in [0.2, 0.25) is 11.6 Å². The second-order valence-corrected chi connectivity index (χ2v) is 9.11. The van der Waals surface area contributed by atoms with Crippen molar-refractivity contribution >= 4 is 57.9 Å². The number of methoxy groups -OCH3 is 1. The van der Waals surface area contributed by atoms with Crippen molar-refractivity contribution in [2.45, 2.75) is 12.8 Å². The first-order valence-electron chi connectivity index (χ1n) is 11.4. The molecule has 0 bridgehead atoms. The van der Waals surface area contributed by atoms with Crippen LogP contribution in [0.5, 0.6) is 0 Å². The minimum atomic E-state index is -0.651. The van der Waals surface area contributed by atoms with Crippen LogP contribution in [-0.2, 0) is 4.74 Å². The number of para-hydroxylation sites is 1. The topological polar surface area (TPSA) is 143 Å². The molecule has 196 valence electrons. The van der Waals surface area contributed by atoms with Gasteiger partial charge in [-0.25, -0.2) is 14.8 Å². The first-order valence-corrected chi connectivity index (χ1v) is 12.1. The van der Waals surface area contributed by atoms with Gasteiger partial charge in [0.1, 0.15) is 6.33 Å². The van der Waals surface area contributed by atoms with E-state index in [1.54, 1.807) is 61.5 Å². The number of halogens is 2. The second-order valence-electron chi connectivity index (χ2n) is 8.27. The lowest BCUT2D eigenvalue weighted by molar-refractivity contribution is -0.383. The minimum absolute atomic E-state index is 0.102. The van der Waals surface area contributed by atoms with Gasteiger partial charge in [-0.1, -0.05) is 53.5 Å². The van der Waals surface area contributed by atoms with Gasteiger partial charge in [0.15, 0.2) is 0 Å². The van der Waals surface area contributed by atoms with Crippen molar-refractivity contribution in [2.24, 2.45) is 0 Å². The molecule has 1 atom stereocenters. The summed E-state index contributed by atoms with van der Waals surface area (Å²) in [6.07, 6.45) is 1.15. The fraction of sp³-hybridized carbons (Fsp3) is 0.111. The lowest BCUT2D eigenvalue weighted by atomic mass is 9.91. The van der Waals surface area contributed by atoms with Crippen LogP contribution in [0.15, 0.2) is 67.0 Å². The van der Waals surface area contributed by atoms with Gasteiger partial charge in [-0.15, -0.1) is 0 Å². The van der Waals surface area contributed by atoms with Crippen LogP contribution in [0.2, 0.25) is 10.0 Å². The summed E-state index contributed by atoms with van der Waals surface area (Å²) in [5.74, 6) is -1.51. The molecule has 0 amide bonds. The van der Waals surface area contributed by atoms with Gasteiger partial charge in [-0.05, 0) is 53.9 Å². The maximum Gasteiger partial charge on any atom is 0.353 e. The molecule has 39 heavy (non-hydrogen) atoms. The molecule has 1 unspecified atom stereocenters. The zero-order valence-electron chi connectivity index (χ0n) is 20.6. The number of nitrogens with one attached hydrogen (secondary N) is 2. The van der Waals surface area contributed by atoms with E-state index in [1.807, 2.05) is 0 Å². The standard InChI is InChI=1S/C27H20Cl2N6O4/c1-15-11-19(20(13-30)16-7-9-17(28)10-8-16)21(29)12-23(15)34-26-24(35(37)38)25(31-14-32-26)33-22-6-4-3-5-18(22)27(36)39-2/h3-12,14,20H,1-2H3,(H2,31,32,33,34). The van der Waals surface area contributed by atoms with Gasteiger partial charge in [0.25, 0.3) is 0 Å². The SMILES string of the molecule is COC(=O)c1ccccc1Nc1ncnc(Nc2cc(Cl)c(C(C#N)c3ccc(Cl)cc3)cc2C)c1[N+](=O)[O-]. The van der Waals surface area contributed by atoms with E-state index in [1.165, 1.54) is 13.2 Å². The lowest BCUT2D eigenvalue weighted by Crippen LogP contribution is -2.09. The van der Waals surface area contributed by atoms with E-state index in [9.17, 15) is 20.2 Å². The quantitative estimate of drug-likeness (QED) is 0.132. The first kappa shape index (κ1) is 27.3. The van der Waals surface area contributed by atoms with E-state index < -0.39 is 22.5 Å². The highest BCUT2D eigenvalue weighted by Crippen LogP contribution is 2.38. The van der Waals surface area contributed by atoms with Crippen LogP contribution in [0, 0.1) is 28.4 Å². The van der Waals surface area contributed by atoms with Gasteiger partial charge in [0.05, 0.1) is 35.3 Å². The summed E-state index contributed by atoms with van der Waals surface area (Å²) in [5.41, 5.74) is 2.40. The highest BCUT2D eigenvalue weighted by molar-refractivity contribution is 6.32. The summed E-state index contributed by atoms with van der Waals surface area (Å²) in [6.45, 7) is 1.78. The molecule has 0 radical (unpaired) electrons. The molecular weight excluding hydrogens is 543 g/mol. The highest BCUT2D eigenvalue weighted by atomic mass is 35.5. The van der Waals surface area contributed by atoms with E-state index in [-0.39, 0.29) is 27.9 Å². The summed E-state index contributed by atoms with van der Waals surface area (Å²) < 4.78 is 4.79. The maximum atomic E-state index is 12.1. The molecule has 0 saturated carbocycles. The Bertz CT molecular complexity index is 1610. The van der Waals surface area contributed by atoms with Crippen LogP contribution in [0.4, 0.5) is 28.7 Å². The highest BCUT2D eigenvalue weighted by Gasteiger charge is 2.26. The van der Waals surface area contributed by atoms with Crippen LogP contribution in [-0.4, -0.2) is 28.0 Å². The number of carbonyl (C=O) groups excluding carboxylic acids is 1. The number of hydrogen-bond acceptors (Lipinski definition) is 9. The molecule has 12 heteroatoms. The Kier molecular flexibility index (Phi) is 8.24. The molecule has 0 aliphatic rings. The molecule has 4 aromatic rings. The van der Waals surface area contributed by atoms with Gasteiger partial charge < -0.3 is 15.4 Å². The predicted octanol–water partition coefficient (Wildman–Crippen LogP) is 6.93. The fourth-order valence-electron chi connectivity index (χ4n) is 3.91. The van der Waals surface area contributed by atoms with E-state index >= 15 is 0 Å². The van der Waals surface area contributed by atoms with Crippen molar-refractivity contribution in [3.05, 3.63) is 109 Å². The molecule has 4 rings (SSSR count). The van der Waals surface area contributed by atoms with Crippen LogP contribution >= 0.6 is 23.2 Å². The van der Waals surface area contributed by atoms with Crippen LogP contribution in [0.25, 0.3) is 0 Å². The molecule has 0 aliphatic heterocycles. The Morgan fingerprint density at radius 1 is 1.05 bits per heavy atom. The third-order valence-corrected chi connectivity index (χ3v) is 6.41. The number of nitro groups is 1. The van der Waals surface area contributed by atoms with Crippen molar-refractivity contribution < 1.29 is 14.5 Å². The third-order valence-electron chi connectivity index (χ3n) is 5.83. The monoisotopic (exact) mass is 562 g/mol. The molecule has 1 aromatic heterocycles. The molecule has 10 nitrogen and oxygen atoms in total. The molecular formula is C27H20Cl2N6O4. The molecule has 0 aliphatic carbocycles. The molecule has 0 spiro atoms.